The monoisotopic (exact) mass is 551 g/mol. The summed E-state index contributed by atoms with van der Waals surface area (Å²) in [6.45, 7) is 7.81. The average molecular weight is 552 g/mol. The molecular formula is C24H34F5N5O4. The van der Waals surface area contributed by atoms with Crippen molar-refractivity contribution in [2.45, 2.75) is 102 Å². The molecule has 9 nitrogen and oxygen atoms in total. The predicted octanol–water partition coefficient (Wildman–Crippen LogP) is 2.31. The first-order valence-electron chi connectivity index (χ1n) is 12.2. The molecule has 0 radical (unpaired) electrons. The van der Waals surface area contributed by atoms with Crippen LogP contribution in [0.4, 0.5) is 22.0 Å². The van der Waals surface area contributed by atoms with Gasteiger partial charge in [0.15, 0.2) is 0 Å². The number of nitriles is 1. The molecule has 1 saturated heterocycles. The molecule has 1 heterocycles. The summed E-state index contributed by atoms with van der Waals surface area (Å²) in [5.41, 5.74) is -1.66. The maximum Gasteiger partial charge on any atom is 0.471 e. The molecular weight excluding hydrogens is 517 g/mol. The van der Waals surface area contributed by atoms with Gasteiger partial charge in [0.05, 0.1) is 6.07 Å². The van der Waals surface area contributed by atoms with Crippen LogP contribution in [0, 0.1) is 28.6 Å². The van der Waals surface area contributed by atoms with E-state index in [4.69, 9.17) is 0 Å². The van der Waals surface area contributed by atoms with Crippen molar-refractivity contribution in [1.29, 1.82) is 5.26 Å². The number of hydrogen-bond acceptors (Lipinski definition) is 5. The molecule has 4 amide bonds. The van der Waals surface area contributed by atoms with Gasteiger partial charge in [0.25, 0.3) is 5.92 Å². The zero-order chi connectivity index (χ0) is 29.3. The number of carbonyl (C=O) groups excluding carboxylic acids is 4. The van der Waals surface area contributed by atoms with Gasteiger partial charge in [-0.05, 0) is 44.9 Å². The van der Waals surface area contributed by atoms with Crippen LogP contribution in [0.1, 0.15) is 66.7 Å². The molecule has 1 aliphatic heterocycles. The van der Waals surface area contributed by atoms with E-state index in [1.165, 1.54) is 20.8 Å². The second-order valence-corrected chi connectivity index (χ2v) is 11.8. The van der Waals surface area contributed by atoms with Crippen LogP contribution in [-0.4, -0.2) is 59.4 Å². The molecule has 0 aromatic carbocycles. The Morgan fingerprint density at radius 3 is 2.11 bits per heavy atom. The smallest absolute Gasteiger partial charge is 0.351 e. The number of nitrogens with one attached hydrogen (secondary N) is 4. The molecule has 1 unspecified atom stereocenters. The van der Waals surface area contributed by atoms with E-state index in [1.807, 2.05) is 19.9 Å². The Morgan fingerprint density at radius 1 is 1.08 bits per heavy atom. The highest BCUT2D eigenvalue weighted by atomic mass is 19.4. The van der Waals surface area contributed by atoms with E-state index in [-0.39, 0.29) is 12.3 Å². The standard InChI is InChI=1S/C24H34F5N5O4/c1-21(2,3)16(33-20(38)24(27,28)29)19(37)32-15(9-13-10-23(13,25)26)18(36)31-14(11-30)8-12-6-7-22(4,5)34-17(12)35/h12-16H,6-10H2,1-5H3,(H,31,36)(H,32,37)(H,33,38)(H,34,35)/t12-,13?,14-,15-,16+/m0/s1. The Hall–Kier alpha value is -2.98. The average Bonchev–Trinajstić information content (AvgIpc) is 3.35. The quantitative estimate of drug-likeness (QED) is 0.326. The molecule has 2 rings (SSSR count). The third-order valence-electron chi connectivity index (χ3n) is 6.71. The van der Waals surface area contributed by atoms with Gasteiger partial charge in [-0.2, -0.15) is 18.4 Å². The summed E-state index contributed by atoms with van der Waals surface area (Å²) < 4.78 is 65.7. The Labute approximate surface area is 217 Å². The third kappa shape index (κ3) is 8.52. The van der Waals surface area contributed by atoms with Gasteiger partial charge in [-0.1, -0.05) is 20.8 Å². The fourth-order valence-electron chi connectivity index (χ4n) is 4.27. The molecule has 38 heavy (non-hydrogen) atoms. The molecule has 1 saturated carbocycles. The van der Waals surface area contributed by atoms with Crippen molar-refractivity contribution in [3.05, 3.63) is 0 Å². The predicted molar refractivity (Wildman–Crippen MR) is 124 cm³/mol. The fourth-order valence-corrected chi connectivity index (χ4v) is 4.27. The van der Waals surface area contributed by atoms with Gasteiger partial charge in [0.2, 0.25) is 17.7 Å². The maximum atomic E-state index is 13.6. The van der Waals surface area contributed by atoms with Crippen molar-refractivity contribution in [2.75, 3.05) is 0 Å². The molecule has 14 heteroatoms. The minimum absolute atomic E-state index is 0.0589. The first-order chi connectivity index (χ1) is 17.2. The van der Waals surface area contributed by atoms with Crippen LogP contribution in [0.25, 0.3) is 0 Å². The minimum atomic E-state index is -5.28. The molecule has 4 N–H and O–H groups in total. The summed E-state index contributed by atoms with van der Waals surface area (Å²) >= 11 is 0. The lowest BCUT2D eigenvalue weighted by molar-refractivity contribution is -0.175. The van der Waals surface area contributed by atoms with E-state index in [1.54, 1.807) is 5.32 Å². The second kappa shape index (κ2) is 11.0. The van der Waals surface area contributed by atoms with Crippen LogP contribution in [-0.2, 0) is 19.2 Å². The summed E-state index contributed by atoms with van der Waals surface area (Å²) in [6, 6.07) is -2.72. The number of piperidine rings is 1. The van der Waals surface area contributed by atoms with Gasteiger partial charge in [0.1, 0.15) is 18.1 Å². The number of nitrogens with zero attached hydrogens (tertiary/aromatic N) is 1. The zero-order valence-corrected chi connectivity index (χ0v) is 21.9. The summed E-state index contributed by atoms with van der Waals surface area (Å²) in [5.74, 6) is -9.77. The molecule has 2 aliphatic rings. The molecule has 1 aliphatic carbocycles. The molecule has 5 atom stereocenters. The summed E-state index contributed by atoms with van der Waals surface area (Å²) in [5, 5.41) is 18.5. The first-order valence-corrected chi connectivity index (χ1v) is 12.2. The van der Waals surface area contributed by atoms with Crippen molar-refractivity contribution < 1.29 is 41.1 Å². The van der Waals surface area contributed by atoms with Crippen molar-refractivity contribution >= 4 is 23.6 Å². The molecule has 0 aromatic heterocycles. The minimum Gasteiger partial charge on any atom is -0.351 e. The SMILES string of the molecule is CC1(C)CC[C@@H](C[C@@H](C#N)NC(=O)[C@H](CC2CC2(F)F)NC(=O)[C@@H](NC(=O)C(F)(F)F)C(C)(C)C)C(=O)N1. The third-order valence-corrected chi connectivity index (χ3v) is 6.71. The summed E-state index contributed by atoms with van der Waals surface area (Å²) in [6.07, 6.45) is -5.34. The van der Waals surface area contributed by atoms with E-state index in [2.05, 4.69) is 16.0 Å². The Balaban J connectivity index is 2.16. The van der Waals surface area contributed by atoms with Crippen molar-refractivity contribution in [1.82, 2.24) is 21.3 Å². The van der Waals surface area contributed by atoms with Crippen LogP contribution in [0.2, 0.25) is 0 Å². The van der Waals surface area contributed by atoms with E-state index >= 15 is 0 Å². The van der Waals surface area contributed by atoms with Crippen LogP contribution in [0.15, 0.2) is 0 Å². The van der Waals surface area contributed by atoms with Crippen LogP contribution in [0.5, 0.6) is 0 Å². The van der Waals surface area contributed by atoms with Gasteiger partial charge in [-0.3, -0.25) is 19.2 Å². The van der Waals surface area contributed by atoms with Gasteiger partial charge < -0.3 is 21.3 Å². The van der Waals surface area contributed by atoms with E-state index in [0.29, 0.717) is 12.8 Å². The second-order valence-electron chi connectivity index (χ2n) is 11.8. The molecule has 0 aromatic rings. The van der Waals surface area contributed by atoms with Crippen molar-refractivity contribution in [2.24, 2.45) is 17.3 Å². The van der Waals surface area contributed by atoms with Gasteiger partial charge in [-0.25, -0.2) is 8.78 Å². The Kier molecular flexibility index (Phi) is 9.06. The molecule has 214 valence electrons. The maximum absolute atomic E-state index is 13.6. The molecule has 0 bridgehead atoms. The van der Waals surface area contributed by atoms with Gasteiger partial charge in [0, 0.05) is 23.8 Å². The number of hydrogen-bond donors (Lipinski definition) is 4. The fraction of sp³-hybridized carbons (Fsp3) is 0.792. The van der Waals surface area contributed by atoms with E-state index in [9.17, 15) is 46.4 Å². The molecule has 2 fully saturated rings. The highest BCUT2D eigenvalue weighted by Gasteiger charge is 2.58. The number of alkyl halides is 5. The lowest BCUT2D eigenvalue weighted by Gasteiger charge is -2.35. The number of amides is 4. The Bertz CT molecular complexity index is 986. The molecule has 0 spiro atoms. The normalized spacial score (nSPS) is 24.6. The summed E-state index contributed by atoms with van der Waals surface area (Å²) in [4.78, 5) is 49.8. The number of carbonyl (C=O) groups is 4. The highest BCUT2D eigenvalue weighted by molar-refractivity contribution is 5.93. The van der Waals surface area contributed by atoms with Crippen LogP contribution in [0.3, 0.4) is 0 Å². The van der Waals surface area contributed by atoms with Gasteiger partial charge >= 0.3 is 12.1 Å². The van der Waals surface area contributed by atoms with Crippen LogP contribution >= 0.6 is 0 Å². The number of halogens is 5. The number of rotatable bonds is 9. The topological polar surface area (TPSA) is 140 Å². The Morgan fingerprint density at radius 2 is 1.66 bits per heavy atom. The van der Waals surface area contributed by atoms with Crippen LogP contribution < -0.4 is 21.3 Å². The zero-order valence-electron chi connectivity index (χ0n) is 21.9. The van der Waals surface area contributed by atoms with E-state index < -0.39 is 83.6 Å². The first kappa shape index (κ1) is 31.2. The van der Waals surface area contributed by atoms with Gasteiger partial charge in [-0.15, -0.1) is 0 Å². The lowest BCUT2D eigenvalue weighted by atomic mass is 9.83. The lowest BCUT2D eigenvalue weighted by Crippen LogP contribution is -2.60. The highest BCUT2D eigenvalue weighted by Crippen LogP contribution is 2.51. The van der Waals surface area contributed by atoms with Crippen molar-refractivity contribution in [3.63, 3.8) is 0 Å². The van der Waals surface area contributed by atoms with E-state index in [0.717, 1.165) is 0 Å². The van der Waals surface area contributed by atoms with Crippen molar-refractivity contribution in [3.8, 4) is 6.07 Å². The largest absolute Gasteiger partial charge is 0.471 e. The summed E-state index contributed by atoms with van der Waals surface area (Å²) in [7, 11) is 0.